The third-order valence-corrected chi connectivity index (χ3v) is 7.54. The second-order valence-corrected chi connectivity index (χ2v) is 9.56. The topological polar surface area (TPSA) is 79.4 Å². The van der Waals surface area contributed by atoms with Crippen LogP contribution in [0.25, 0.3) is 10.2 Å². The Kier molecular flexibility index (Phi) is 5.71. The molecule has 136 valence electrons. The lowest BCUT2D eigenvalue weighted by Crippen LogP contribution is -2.43. The molecule has 1 fully saturated rings. The van der Waals surface area contributed by atoms with Gasteiger partial charge in [0.1, 0.15) is 0 Å². The zero-order valence-corrected chi connectivity index (χ0v) is 15.9. The molecule has 0 aliphatic carbocycles. The van der Waals surface area contributed by atoms with Crippen LogP contribution >= 0.6 is 11.3 Å². The van der Waals surface area contributed by atoms with Crippen LogP contribution in [-0.2, 0) is 21.2 Å². The number of hydrogen-bond acceptors (Lipinski definition) is 5. The lowest BCUT2D eigenvalue weighted by atomic mass is 9.97. The predicted molar refractivity (Wildman–Crippen MR) is 100 cm³/mol. The molecule has 1 aromatic heterocycles. The molecule has 0 spiro atoms. The average molecular weight is 382 g/mol. The highest BCUT2D eigenvalue weighted by molar-refractivity contribution is 7.89. The highest BCUT2D eigenvalue weighted by atomic mass is 32.2. The molecular formula is C17H23N3O3S2. The molecule has 1 saturated heterocycles. The van der Waals surface area contributed by atoms with E-state index in [-0.39, 0.29) is 17.6 Å². The van der Waals surface area contributed by atoms with Gasteiger partial charge in [-0.15, -0.1) is 11.3 Å². The fraction of sp³-hybridized carbons (Fsp3) is 0.529. The van der Waals surface area contributed by atoms with Crippen molar-refractivity contribution in [3.63, 3.8) is 0 Å². The smallest absolute Gasteiger partial charge is 0.223 e. The van der Waals surface area contributed by atoms with Crippen molar-refractivity contribution in [2.45, 2.75) is 26.2 Å². The Hall–Kier alpha value is -1.51. The molecule has 0 atom stereocenters. The summed E-state index contributed by atoms with van der Waals surface area (Å²) in [6, 6.07) is 8.01. The molecule has 0 bridgehead atoms. The number of fused-ring (bicyclic) bond motifs is 1. The van der Waals surface area contributed by atoms with Crippen LogP contribution in [-0.4, -0.2) is 49.0 Å². The average Bonchev–Trinajstić information content (AvgIpc) is 3.04. The Bertz CT molecular complexity index is 807. The van der Waals surface area contributed by atoms with Crippen molar-refractivity contribution in [1.82, 2.24) is 14.6 Å². The zero-order valence-electron chi connectivity index (χ0n) is 14.3. The number of carbonyl (C=O) groups excluding carboxylic acids is 1. The molecule has 2 aromatic rings. The van der Waals surface area contributed by atoms with Gasteiger partial charge in [0.05, 0.1) is 21.0 Å². The minimum atomic E-state index is -3.14. The van der Waals surface area contributed by atoms with E-state index in [9.17, 15) is 13.2 Å². The number of benzene rings is 1. The van der Waals surface area contributed by atoms with Crippen LogP contribution in [0.1, 0.15) is 24.8 Å². The molecule has 0 saturated carbocycles. The molecule has 1 amide bonds. The molecule has 3 rings (SSSR count). The van der Waals surface area contributed by atoms with Gasteiger partial charge in [0, 0.05) is 32.0 Å². The maximum atomic E-state index is 12.3. The van der Waals surface area contributed by atoms with Crippen LogP contribution in [0, 0.1) is 5.92 Å². The second kappa shape index (κ2) is 7.80. The van der Waals surface area contributed by atoms with E-state index in [4.69, 9.17) is 0 Å². The van der Waals surface area contributed by atoms with Crippen molar-refractivity contribution in [2.75, 3.05) is 25.4 Å². The minimum Gasteiger partial charge on any atom is -0.355 e. The minimum absolute atomic E-state index is 0.0228. The molecule has 25 heavy (non-hydrogen) atoms. The van der Waals surface area contributed by atoms with E-state index in [0.717, 1.165) is 15.2 Å². The molecular weight excluding hydrogens is 358 g/mol. The first-order valence-corrected chi connectivity index (χ1v) is 11.0. The lowest BCUT2D eigenvalue weighted by Gasteiger charge is -2.30. The summed E-state index contributed by atoms with van der Waals surface area (Å²) in [4.78, 5) is 16.9. The number of thiazole rings is 1. The summed E-state index contributed by atoms with van der Waals surface area (Å²) >= 11 is 1.65. The van der Waals surface area contributed by atoms with Crippen LogP contribution in [0.2, 0.25) is 0 Å². The highest BCUT2D eigenvalue weighted by Crippen LogP contribution is 2.22. The number of nitrogens with zero attached hydrogens (tertiary/aromatic N) is 2. The summed E-state index contributed by atoms with van der Waals surface area (Å²) < 4.78 is 26.4. The SMILES string of the molecule is CCS(=O)(=O)N1CCC(C(=O)NCCc2nc3ccccc3s2)CC1. The first kappa shape index (κ1) is 18.3. The molecule has 2 heterocycles. The summed E-state index contributed by atoms with van der Waals surface area (Å²) in [6.07, 6.45) is 1.90. The number of nitrogens with one attached hydrogen (secondary N) is 1. The summed E-state index contributed by atoms with van der Waals surface area (Å²) in [5.74, 6) is 0.0415. The number of rotatable bonds is 6. The summed E-state index contributed by atoms with van der Waals surface area (Å²) in [6.45, 7) is 3.08. The van der Waals surface area contributed by atoms with Crippen LogP contribution in [0.5, 0.6) is 0 Å². The molecule has 1 aliphatic heterocycles. The molecule has 6 nitrogen and oxygen atoms in total. The first-order valence-electron chi connectivity index (χ1n) is 8.59. The quantitative estimate of drug-likeness (QED) is 0.830. The van der Waals surface area contributed by atoms with E-state index >= 15 is 0 Å². The van der Waals surface area contributed by atoms with Crippen LogP contribution in [0.3, 0.4) is 0 Å². The molecule has 0 radical (unpaired) electrons. The Balaban J connectivity index is 1.45. The van der Waals surface area contributed by atoms with Crippen molar-refractivity contribution in [3.05, 3.63) is 29.3 Å². The number of sulfonamides is 1. The van der Waals surface area contributed by atoms with Gasteiger partial charge >= 0.3 is 0 Å². The maximum absolute atomic E-state index is 12.3. The molecule has 0 unspecified atom stereocenters. The Morgan fingerprint density at radius 3 is 2.72 bits per heavy atom. The maximum Gasteiger partial charge on any atom is 0.223 e. The van der Waals surface area contributed by atoms with Crippen molar-refractivity contribution in [3.8, 4) is 0 Å². The van der Waals surface area contributed by atoms with Gasteiger partial charge in [-0.3, -0.25) is 4.79 Å². The largest absolute Gasteiger partial charge is 0.355 e. The van der Waals surface area contributed by atoms with E-state index in [1.807, 2.05) is 24.3 Å². The summed E-state index contributed by atoms with van der Waals surface area (Å²) in [5.41, 5.74) is 0.998. The molecule has 1 aromatic carbocycles. The normalized spacial score (nSPS) is 17.0. The summed E-state index contributed by atoms with van der Waals surface area (Å²) in [7, 11) is -3.14. The third-order valence-electron chi connectivity index (χ3n) is 4.56. The van der Waals surface area contributed by atoms with E-state index in [0.29, 0.717) is 38.9 Å². The lowest BCUT2D eigenvalue weighted by molar-refractivity contribution is -0.126. The summed E-state index contributed by atoms with van der Waals surface area (Å²) in [5, 5.41) is 3.99. The van der Waals surface area contributed by atoms with Gasteiger partial charge in [0.25, 0.3) is 0 Å². The monoisotopic (exact) mass is 381 g/mol. The Morgan fingerprint density at radius 2 is 2.04 bits per heavy atom. The Labute approximate surface area is 152 Å². The number of hydrogen-bond donors (Lipinski definition) is 1. The van der Waals surface area contributed by atoms with Gasteiger partial charge in [-0.2, -0.15) is 0 Å². The van der Waals surface area contributed by atoms with E-state index < -0.39 is 10.0 Å². The number of amides is 1. The first-order chi connectivity index (χ1) is 12.0. The van der Waals surface area contributed by atoms with Crippen LogP contribution in [0.4, 0.5) is 0 Å². The zero-order chi connectivity index (χ0) is 17.9. The van der Waals surface area contributed by atoms with Gasteiger partial charge in [-0.1, -0.05) is 12.1 Å². The fourth-order valence-electron chi connectivity index (χ4n) is 3.04. The van der Waals surface area contributed by atoms with Gasteiger partial charge in [0.15, 0.2) is 0 Å². The van der Waals surface area contributed by atoms with Crippen LogP contribution < -0.4 is 5.32 Å². The van der Waals surface area contributed by atoms with Gasteiger partial charge < -0.3 is 5.32 Å². The number of carbonyl (C=O) groups is 1. The van der Waals surface area contributed by atoms with Gasteiger partial charge in [-0.05, 0) is 31.9 Å². The number of para-hydroxylation sites is 1. The van der Waals surface area contributed by atoms with Crippen molar-refractivity contribution in [2.24, 2.45) is 5.92 Å². The Morgan fingerprint density at radius 1 is 1.32 bits per heavy atom. The van der Waals surface area contributed by atoms with Crippen molar-refractivity contribution >= 4 is 37.5 Å². The molecule has 1 N–H and O–H groups in total. The van der Waals surface area contributed by atoms with Crippen molar-refractivity contribution < 1.29 is 13.2 Å². The molecule has 8 heteroatoms. The van der Waals surface area contributed by atoms with Crippen LogP contribution in [0.15, 0.2) is 24.3 Å². The van der Waals surface area contributed by atoms with Crippen molar-refractivity contribution in [1.29, 1.82) is 0 Å². The van der Waals surface area contributed by atoms with Gasteiger partial charge in [-0.25, -0.2) is 17.7 Å². The fourth-order valence-corrected chi connectivity index (χ4v) is 5.14. The predicted octanol–water partition coefficient (Wildman–Crippen LogP) is 2.02. The van der Waals surface area contributed by atoms with E-state index in [2.05, 4.69) is 10.3 Å². The second-order valence-electron chi connectivity index (χ2n) is 6.19. The molecule has 1 aliphatic rings. The number of aromatic nitrogens is 1. The number of piperidine rings is 1. The highest BCUT2D eigenvalue weighted by Gasteiger charge is 2.29. The standard InChI is InChI=1S/C17H23N3O3S2/c1-2-25(22,23)20-11-8-13(9-12-20)17(21)18-10-7-16-19-14-5-3-4-6-15(14)24-16/h3-6,13H,2,7-12H2,1H3,(H,18,21). The van der Waals surface area contributed by atoms with E-state index in [1.54, 1.807) is 18.3 Å². The third kappa shape index (κ3) is 4.37. The van der Waals surface area contributed by atoms with E-state index in [1.165, 1.54) is 4.31 Å². The van der Waals surface area contributed by atoms with Gasteiger partial charge in [0.2, 0.25) is 15.9 Å².